The van der Waals surface area contributed by atoms with Gasteiger partial charge < -0.3 is 15.4 Å². The molecule has 1 aliphatic heterocycles. The second-order valence-corrected chi connectivity index (χ2v) is 4.95. The van der Waals surface area contributed by atoms with Gasteiger partial charge >= 0.3 is 0 Å². The number of hydrogen-bond donors (Lipinski definition) is 2. The molecule has 1 aromatic rings. The van der Waals surface area contributed by atoms with Crippen molar-refractivity contribution in [2.45, 2.75) is 25.0 Å². The predicted octanol–water partition coefficient (Wildman–Crippen LogP) is 0.258. The fourth-order valence-electron chi connectivity index (χ4n) is 2.69. The van der Waals surface area contributed by atoms with Crippen LogP contribution in [0.15, 0.2) is 24.3 Å². The lowest BCUT2D eigenvalue weighted by Crippen LogP contribution is -2.50. The Bertz CT molecular complexity index is 416. The smallest absolute Gasteiger partial charge is 0.250 e. The molecule has 4 nitrogen and oxygen atoms in total. The molecule has 1 aliphatic carbocycles. The molecule has 3 rings (SSSR count). The van der Waals surface area contributed by atoms with Crippen molar-refractivity contribution < 1.29 is 9.53 Å². The molecule has 18 heavy (non-hydrogen) atoms. The molecule has 0 unspecified atom stereocenters. The van der Waals surface area contributed by atoms with Crippen LogP contribution in [0.3, 0.4) is 0 Å². The second-order valence-electron chi connectivity index (χ2n) is 4.95. The molecule has 1 aromatic carbocycles. The summed E-state index contributed by atoms with van der Waals surface area (Å²) in [4.78, 5) is 12.0. The minimum Gasteiger partial charge on any atom is -0.366 e. The van der Waals surface area contributed by atoms with Crippen LogP contribution in [0.1, 0.15) is 11.1 Å². The fraction of sp³-hybridized carbons (Fsp3) is 0.500. The van der Waals surface area contributed by atoms with Crippen molar-refractivity contribution in [3.63, 3.8) is 0 Å². The molecule has 2 N–H and O–H groups in total. The molecule has 0 spiro atoms. The molecule has 0 saturated carbocycles. The maximum absolute atomic E-state index is 12.0. The van der Waals surface area contributed by atoms with Crippen molar-refractivity contribution in [2.24, 2.45) is 0 Å². The SMILES string of the molecule is O=C(NC1Cc2ccccc2C1)[C@@H]1CNCCO1. The van der Waals surface area contributed by atoms with Gasteiger partial charge in [0.25, 0.3) is 5.91 Å². The first-order valence-electron chi connectivity index (χ1n) is 6.52. The van der Waals surface area contributed by atoms with E-state index in [0.29, 0.717) is 13.2 Å². The first-order chi connectivity index (χ1) is 8.83. The lowest BCUT2D eigenvalue weighted by atomic mass is 10.1. The molecule has 4 heteroatoms. The van der Waals surface area contributed by atoms with Gasteiger partial charge in [-0.3, -0.25) is 4.79 Å². The van der Waals surface area contributed by atoms with E-state index in [1.54, 1.807) is 0 Å². The first-order valence-corrected chi connectivity index (χ1v) is 6.52. The second kappa shape index (κ2) is 5.08. The average molecular weight is 246 g/mol. The number of amides is 1. The van der Waals surface area contributed by atoms with Crippen LogP contribution in [0.5, 0.6) is 0 Å². The van der Waals surface area contributed by atoms with E-state index in [2.05, 4.69) is 34.9 Å². The number of benzene rings is 1. The number of carbonyl (C=O) groups excluding carboxylic acids is 1. The van der Waals surface area contributed by atoms with E-state index in [1.807, 2.05) is 0 Å². The maximum Gasteiger partial charge on any atom is 0.250 e. The fourth-order valence-corrected chi connectivity index (χ4v) is 2.69. The van der Waals surface area contributed by atoms with Gasteiger partial charge in [0.2, 0.25) is 0 Å². The van der Waals surface area contributed by atoms with Crippen molar-refractivity contribution in [1.82, 2.24) is 10.6 Å². The predicted molar refractivity (Wildman–Crippen MR) is 68.4 cm³/mol. The number of rotatable bonds is 2. The molecule has 1 saturated heterocycles. The number of ether oxygens (including phenoxy) is 1. The largest absolute Gasteiger partial charge is 0.366 e. The van der Waals surface area contributed by atoms with Crippen LogP contribution in [-0.4, -0.2) is 37.7 Å². The van der Waals surface area contributed by atoms with Crippen molar-refractivity contribution in [3.8, 4) is 0 Å². The molecule has 1 heterocycles. The van der Waals surface area contributed by atoms with Gasteiger partial charge in [0.05, 0.1) is 6.61 Å². The van der Waals surface area contributed by atoms with Gasteiger partial charge in [0.15, 0.2) is 0 Å². The Hall–Kier alpha value is -1.39. The van der Waals surface area contributed by atoms with E-state index in [-0.39, 0.29) is 18.1 Å². The molecule has 1 amide bonds. The zero-order chi connectivity index (χ0) is 12.4. The van der Waals surface area contributed by atoms with Gasteiger partial charge in [-0.05, 0) is 24.0 Å². The highest BCUT2D eigenvalue weighted by Crippen LogP contribution is 2.21. The quantitative estimate of drug-likeness (QED) is 0.787. The number of morpholine rings is 1. The van der Waals surface area contributed by atoms with Crippen molar-refractivity contribution in [2.75, 3.05) is 19.7 Å². The average Bonchev–Trinajstić information content (AvgIpc) is 2.82. The number of nitrogens with one attached hydrogen (secondary N) is 2. The molecule has 0 bridgehead atoms. The van der Waals surface area contributed by atoms with Crippen molar-refractivity contribution in [3.05, 3.63) is 35.4 Å². The van der Waals surface area contributed by atoms with Crippen LogP contribution in [0.4, 0.5) is 0 Å². The Balaban J connectivity index is 1.57. The van der Waals surface area contributed by atoms with E-state index in [4.69, 9.17) is 4.74 Å². The third-order valence-corrected chi connectivity index (χ3v) is 3.62. The van der Waals surface area contributed by atoms with E-state index < -0.39 is 0 Å². The Morgan fingerprint density at radius 1 is 1.28 bits per heavy atom. The first kappa shape index (κ1) is 11.7. The van der Waals surface area contributed by atoms with Gasteiger partial charge in [-0.2, -0.15) is 0 Å². The summed E-state index contributed by atoms with van der Waals surface area (Å²) in [5.41, 5.74) is 2.70. The molecule has 1 atom stereocenters. The number of carbonyl (C=O) groups is 1. The van der Waals surface area contributed by atoms with Gasteiger partial charge in [-0.1, -0.05) is 24.3 Å². The molecular formula is C14H18N2O2. The van der Waals surface area contributed by atoms with E-state index in [0.717, 1.165) is 19.4 Å². The Kier molecular flexibility index (Phi) is 3.30. The van der Waals surface area contributed by atoms with Crippen LogP contribution in [-0.2, 0) is 22.4 Å². The third-order valence-electron chi connectivity index (χ3n) is 3.62. The third kappa shape index (κ3) is 2.40. The minimum absolute atomic E-state index is 0.0139. The highest BCUT2D eigenvalue weighted by Gasteiger charge is 2.27. The molecule has 0 aromatic heterocycles. The normalized spacial score (nSPS) is 23.7. The van der Waals surface area contributed by atoms with Crippen molar-refractivity contribution in [1.29, 1.82) is 0 Å². The summed E-state index contributed by atoms with van der Waals surface area (Å²) in [7, 11) is 0. The molecular weight excluding hydrogens is 228 g/mol. The summed E-state index contributed by atoms with van der Waals surface area (Å²) in [6.07, 6.45) is 1.53. The van der Waals surface area contributed by atoms with Gasteiger partial charge in [0, 0.05) is 19.1 Å². The molecule has 96 valence electrons. The van der Waals surface area contributed by atoms with E-state index >= 15 is 0 Å². The van der Waals surface area contributed by atoms with Crippen LogP contribution in [0, 0.1) is 0 Å². The van der Waals surface area contributed by atoms with Gasteiger partial charge in [0.1, 0.15) is 6.10 Å². The standard InChI is InChI=1S/C14H18N2O2/c17-14(13-9-15-5-6-18-13)16-12-7-10-3-1-2-4-11(10)8-12/h1-4,12-13,15H,5-9H2,(H,16,17)/t13-/m0/s1. The van der Waals surface area contributed by atoms with Crippen LogP contribution in [0.2, 0.25) is 0 Å². The van der Waals surface area contributed by atoms with Crippen LogP contribution >= 0.6 is 0 Å². The Morgan fingerprint density at radius 2 is 2.00 bits per heavy atom. The summed E-state index contributed by atoms with van der Waals surface area (Å²) in [6, 6.07) is 8.61. The van der Waals surface area contributed by atoms with Crippen LogP contribution < -0.4 is 10.6 Å². The van der Waals surface area contributed by atoms with E-state index in [1.165, 1.54) is 11.1 Å². The zero-order valence-electron chi connectivity index (χ0n) is 10.3. The van der Waals surface area contributed by atoms with Gasteiger partial charge in [-0.15, -0.1) is 0 Å². The van der Waals surface area contributed by atoms with Gasteiger partial charge in [-0.25, -0.2) is 0 Å². The summed E-state index contributed by atoms with van der Waals surface area (Å²) in [5, 5.41) is 6.26. The zero-order valence-corrected chi connectivity index (χ0v) is 10.3. The summed E-state index contributed by atoms with van der Waals surface area (Å²) < 4.78 is 5.45. The Labute approximate surface area is 107 Å². The monoisotopic (exact) mass is 246 g/mol. The topological polar surface area (TPSA) is 50.4 Å². The van der Waals surface area contributed by atoms with Crippen molar-refractivity contribution >= 4 is 5.91 Å². The summed E-state index contributed by atoms with van der Waals surface area (Å²) >= 11 is 0. The number of fused-ring (bicyclic) bond motifs is 1. The Morgan fingerprint density at radius 3 is 2.61 bits per heavy atom. The van der Waals surface area contributed by atoms with Crippen LogP contribution in [0.25, 0.3) is 0 Å². The highest BCUT2D eigenvalue weighted by molar-refractivity contribution is 5.81. The molecule has 0 radical (unpaired) electrons. The lowest BCUT2D eigenvalue weighted by molar-refractivity contribution is -0.134. The number of hydrogen-bond acceptors (Lipinski definition) is 3. The lowest BCUT2D eigenvalue weighted by Gasteiger charge is -2.24. The minimum atomic E-state index is -0.331. The van der Waals surface area contributed by atoms with E-state index in [9.17, 15) is 4.79 Å². The maximum atomic E-state index is 12.0. The summed E-state index contributed by atoms with van der Waals surface area (Å²) in [5.74, 6) is 0.0139. The summed E-state index contributed by atoms with van der Waals surface area (Å²) in [6.45, 7) is 2.06. The highest BCUT2D eigenvalue weighted by atomic mass is 16.5. The molecule has 2 aliphatic rings. The molecule has 1 fully saturated rings.